The summed E-state index contributed by atoms with van der Waals surface area (Å²) in [6.07, 6.45) is 5.66. The third-order valence-corrected chi connectivity index (χ3v) is 3.08. The van der Waals surface area contributed by atoms with Gasteiger partial charge in [-0.2, -0.15) is 0 Å². The van der Waals surface area contributed by atoms with Crippen molar-refractivity contribution in [2.45, 2.75) is 13.3 Å². The number of aromatic nitrogens is 1. The molecule has 0 saturated carbocycles. The van der Waals surface area contributed by atoms with Crippen LogP contribution in [0.5, 0.6) is 0 Å². The number of rotatable bonds is 0. The molecule has 1 heterocycles. The summed E-state index contributed by atoms with van der Waals surface area (Å²) in [5.41, 5.74) is 0. The maximum atomic E-state index is 5.04. The molecule has 0 aliphatic heterocycles. The number of H-pyrrole nitrogens is 1. The van der Waals surface area contributed by atoms with Crippen LogP contribution in [-0.2, 0) is 0 Å². The molecule has 1 aromatic rings. The van der Waals surface area contributed by atoms with Gasteiger partial charge in [-0.05, 0) is 24.6 Å². The lowest BCUT2D eigenvalue weighted by Crippen LogP contribution is -2.25. The highest BCUT2D eigenvalue weighted by Crippen LogP contribution is 2.06. The van der Waals surface area contributed by atoms with Crippen LogP contribution in [0.1, 0.15) is 13.3 Å². The molecule has 0 spiro atoms. The van der Waals surface area contributed by atoms with Crippen molar-refractivity contribution in [1.82, 2.24) is 4.98 Å². The van der Waals surface area contributed by atoms with Crippen molar-refractivity contribution in [1.29, 1.82) is 0 Å². The number of fused-ring (bicyclic) bond motifs is 1. The third kappa shape index (κ3) is 1.30. The fourth-order valence-electron chi connectivity index (χ4n) is 1.27. The van der Waals surface area contributed by atoms with E-state index in [-0.39, 0.29) is 0 Å². The molecule has 1 N–H and O–H groups in total. The second-order valence-electron chi connectivity index (χ2n) is 2.88. The van der Waals surface area contributed by atoms with Crippen molar-refractivity contribution in [3.05, 3.63) is 13.8 Å². The van der Waals surface area contributed by atoms with E-state index in [1.165, 1.54) is 9.88 Å². The second kappa shape index (κ2) is 2.57. The van der Waals surface area contributed by atoms with Gasteiger partial charge in [0.1, 0.15) is 0 Å². The Bertz CT molecular complexity index is 424. The van der Waals surface area contributed by atoms with Crippen molar-refractivity contribution < 1.29 is 0 Å². The Kier molecular flexibility index (Phi) is 1.69. The minimum Gasteiger partial charge on any atom is -0.337 e. The van der Waals surface area contributed by atoms with Crippen LogP contribution in [-0.4, -0.2) is 4.98 Å². The fourth-order valence-corrected chi connectivity index (χ4v) is 2.42. The highest BCUT2D eigenvalue weighted by atomic mass is 32.1. The highest BCUT2D eigenvalue weighted by Gasteiger charge is 2.01. The second-order valence-corrected chi connectivity index (χ2v) is 4.60. The molecule has 1 nitrogen and oxygen atoms in total. The van der Waals surface area contributed by atoms with Gasteiger partial charge in [0.05, 0.1) is 5.35 Å². The van der Waals surface area contributed by atoms with E-state index in [0.29, 0.717) is 5.92 Å². The molecule has 0 aromatic carbocycles. The molecule has 0 bridgehead atoms. The van der Waals surface area contributed by atoms with E-state index in [4.69, 9.17) is 12.2 Å². The molecule has 2 rings (SSSR count). The van der Waals surface area contributed by atoms with Crippen molar-refractivity contribution in [3.63, 3.8) is 0 Å². The Balaban J connectivity index is 2.82. The van der Waals surface area contributed by atoms with E-state index < -0.39 is 0 Å². The zero-order valence-electron chi connectivity index (χ0n) is 6.26. The SMILES string of the molecule is CC1C=c2[nH]c(=S)sc2=CC1. The van der Waals surface area contributed by atoms with Crippen molar-refractivity contribution >= 4 is 35.7 Å². The van der Waals surface area contributed by atoms with Crippen LogP contribution in [0.2, 0.25) is 0 Å². The Labute approximate surface area is 74.1 Å². The van der Waals surface area contributed by atoms with Crippen LogP contribution in [0.4, 0.5) is 0 Å². The Morgan fingerprint density at radius 1 is 1.73 bits per heavy atom. The van der Waals surface area contributed by atoms with Gasteiger partial charge in [0.2, 0.25) is 0 Å². The number of thiazole rings is 1. The molecule has 0 saturated heterocycles. The van der Waals surface area contributed by atoms with Crippen LogP contribution in [0, 0.1) is 9.87 Å². The molecule has 3 heteroatoms. The molecule has 1 unspecified atom stereocenters. The van der Waals surface area contributed by atoms with E-state index in [0.717, 1.165) is 10.4 Å². The van der Waals surface area contributed by atoms with E-state index in [1.54, 1.807) is 11.3 Å². The molecule has 0 amide bonds. The number of hydrogen-bond donors (Lipinski definition) is 1. The molecular formula is C8H9NS2. The molecule has 0 radical (unpaired) electrons. The maximum absolute atomic E-state index is 5.04. The van der Waals surface area contributed by atoms with Crippen LogP contribution in [0.15, 0.2) is 0 Å². The van der Waals surface area contributed by atoms with Crippen molar-refractivity contribution in [2.24, 2.45) is 5.92 Å². The summed E-state index contributed by atoms with van der Waals surface area (Å²) in [7, 11) is 0. The predicted octanol–water partition coefficient (Wildman–Crippen LogP) is 1.41. The molecule has 11 heavy (non-hydrogen) atoms. The van der Waals surface area contributed by atoms with Gasteiger partial charge in [-0.3, -0.25) is 0 Å². The summed E-state index contributed by atoms with van der Waals surface area (Å²) in [6.45, 7) is 2.22. The highest BCUT2D eigenvalue weighted by molar-refractivity contribution is 7.73. The normalized spacial score (nSPS) is 21.7. The zero-order valence-corrected chi connectivity index (χ0v) is 7.89. The first-order valence-electron chi connectivity index (χ1n) is 3.67. The minimum atomic E-state index is 0.655. The summed E-state index contributed by atoms with van der Waals surface area (Å²) in [6, 6.07) is 0. The molecule has 1 aliphatic carbocycles. The van der Waals surface area contributed by atoms with Gasteiger partial charge in [-0.25, -0.2) is 0 Å². The molecular weight excluding hydrogens is 174 g/mol. The Hall–Kier alpha value is -0.410. The van der Waals surface area contributed by atoms with Crippen LogP contribution in [0.3, 0.4) is 0 Å². The summed E-state index contributed by atoms with van der Waals surface area (Å²) in [5.74, 6) is 0.655. The van der Waals surface area contributed by atoms with Gasteiger partial charge < -0.3 is 4.98 Å². The van der Waals surface area contributed by atoms with Gasteiger partial charge in [0.15, 0.2) is 3.95 Å². The van der Waals surface area contributed by atoms with Crippen molar-refractivity contribution in [2.75, 3.05) is 0 Å². The predicted molar refractivity (Wildman–Crippen MR) is 51.5 cm³/mol. The van der Waals surface area contributed by atoms with E-state index in [2.05, 4.69) is 24.1 Å². The summed E-state index contributed by atoms with van der Waals surface area (Å²) in [5, 5.41) is 1.22. The van der Waals surface area contributed by atoms with Crippen LogP contribution >= 0.6 is 23.6 Å². The standard InChI is InChI=1S/C8H9NS2/c1-5-2-3-7-6(4-5)9-8(10)11-7/h3-5H,2H2,1H3,(H,9,10). The fraction of sp³-hybridized carbons (Fsp3) is 0.375. The lowest BCUT2D eigenvalue weighted by Gasteiger charge is -2.02. The van der Waals surface area contributed by atoms with Gasteiger partial charge in [0, 0.05) is 4.53 Å². The molecule has 1 aliphatic rings. The smallest absolute Gasteiger partial charge is 0.159 e. The zero-order chi connectivity index (χ0) is 7.84. The van der Waals surface area contributed by atoms with E-state index >= 15 is 0 Å². The Morgan fingerprint density at radius 2 is 2.55 bits per heavy atom. The van der Waals surface area contributed by atoms with Crippen LogP contribution in [0.25, 0.3) is 12.2 Å². The van der Waals surface area contributed by atoms with Gasteiger partial charge in [0.25, 0.3) is 0 Å². The number of nitrogens with one attached hydrogen (secondary N) is 1. The first-order valence-corrected chi connectivity index (χ1v) is 4.89. The molecule has 58 valence electrons. The lowest BCUT2D eigenvalue weighted by atomic mass is 10.1. The average molecular weight is 183 g/mol. The lowest BCUT2D eigenvalue weighted by molar-refractivity contribution is 0.798. The minimum absolute atomic E-state index is 0.655. The van der Waals surface area contributed by atoms with E-state index in [1.807, 2.05) is 0 Å². The number of aromatic amines is 1. The molecule has 1 aromatic heterocycles. The van der Waals surface area contributed by atoms with Gasteiger partial charge in [-0.1, -0.05) is 19.1 Å². The Morgan fingerprint density at radius 3 is 3.36 bits per heavy atom. The molecule has 1 atom stereocenters. The van der Waals surface area contributed by atoms with E-state index in [9.17, 15) is 0 Å². The topological polar surface area (TPSA) is 15.8 Å². The summed E-state index contributed by atoms with van der Waals surface area (Å²) < 4.78 is 2.20. The van der Waals surface area contributed by atoms with Gasteiger partial charge >= 0.3 is 0 Å². The first-order chi connectivity index (χ1) is 5.25. The van der Waals surface area contributed by atoms with Crippen LogP contribution < -0.4 is 9.88 Å². The third-order valence-electron chi connectivity index (χ3n) is 1.83. The van der Waals surface area contributed by atoms with Crippen molar-refractivity contribution in [3.8, 4) is 0 Å². The van der Waals surface area contributed by atoms with Gasteiger partial charge in [-0.15, -0.1) is 11.3 Å². The average Bonchev–Trinajstić information content (AvgIpc) is 2.27. The largest absolute Gasteiger partial charge is 0.337 e. The summed E-state index contributed by atoms with van der Waals surface area (Å²) in [4.78, 5) is 3.17. The quantitative estimate of drug-likeness (QED) is 0.601. The summed E-state index contributed by atoms with van der Waals surface area (Å²) >= 11 is 6.71. The first kappa shape index (κ1) is 7.25. The number of hydrogen-bond acceptors (Lipinski definition) is 2. The molecule has 0 fully saturated rings. The maximum Gasteiger partial charge on any atom is 0.159 e. The monoisotopic (exact) mass is 183 g/mol.